The summed E-state index contributed by atoms with van der Waals surface area (Å²) in [4.78, 5) is 43.4. The number of urea groups is 1. The Kier molecular flexibility index (Phi) is 4.35. The van der Waals surface area contributed by atoms with Crippen molar-refractivity contribution in [1.29, 1.82) is 0 Å². The smallest absolute Gasteiger partial charge is 0.328 e. The summed E-state index contributed by atoms with van der Waals surface area (Å²) < 4.78 is 41.3. The average molecular weight is 447 g/mol. The van der Waals surface area contributed by atoms with Gasteiger partial charge in [0.25, 0.3) is 0 Å². The largest absolute Gasteiger partial charge is 0.372 e. The number of morpholine rings is 1. The van der Waals surface area contributed by atoms with Crippen LogP contribution in [0.5, 0.6) is 0 Å². The van der Waals surface area contributed by atoms with Crippen LogP contribution in [0.15, 0.2) is 10.6 Å². The molecule has 32 heavy (non-hydrogen) atoms. The molecule has 0 saturated carbocycles. The molecule has 5 rings (SSSR count). The molecule has 0 unspecified atom stereocenters. The fourth-order valence-electron chi connectivity index (χ4n) is 5.11. The van der Waals surface area contributed by atoms with E-state index in [1.54, 1.807) is 13.8 Å². The molecule has 2 aromatic rings. The number of ether oxygens (including phenoxy) is 1. The van der Waals surface area contributed by atoms with Gasteiger partial charge in [-0.15, -0.1) is 0 Å². The predicted molar refractivity (Wildman–Crippen MR) is 103 cm³/mol. The van der Waals surface area contributed by atoms with Crippen molar-refractivity contribution in [3.05, 3.63) is 29.2 Å². The van der Waals surface area contributed by atoms with Gasteiger partial charge in [0.1, 0.15) is 0 Å². The molecule has 3 aliphatic rings. The minimum atomic E-state index is -1.80. The van der Waals surface area contributed by atoms with Crippen LogP contribution in [0.2, 0.25) is 0 Å². The zero-order chi connectivity index (χ0) is 22.9. The summed E-state index contributed by atoms with van der Waals surface area (Å²) >= 11 is 0. The number of carbonyl (C=O) groups excluding carboxylic acids is 3. The van der Waals surface area contributed by atoms with Gasteiger partial charge in [0.05, 0.1) is 29.5 Å². The molecule has 2 N–H and O–H groups in total. The molecule has 2 fully saturated rings. The Morgan fingerprint density at radius 2 is 1.84 bits per heavy atom. The molecule has 3 atom stereocenters. The van der Waals surface area contributed by atoms with Crippen LogP contribution < -0.4 is 15.5 Å². The monoisotopic (exact) mass is 447 g/mol. The second-order valence-electron chi connectivity index (χ2n) is 8.33. The summed E-state index contributed by atoms with van der Waals surface area (Å²) in [5.41, 5.74) is -1.90. The van der Waals surface area contributed by atoms with E-state index in [9.17, 15) is 14.4 Å². The molecule has 2 saturated heterocycles. The van der Waals surface area contributed by atoms with Gasteiger partial charge in [-0.1, -0.05) is 5.16 Å². The lowest BCUT2D eigenvalue weighted by Gasteiger charge is -2.55. The first-order chi connectivity index (χ1) is 15.1. The normalized spacial score (nSPS) is 26.5. The molecule has 1 aromatic carbocycles. The molecule has 4 heterocycles. The molecule has 1 aromatic heterocycles. The Morgan fingerprint density at radius 1 is 1.16 bits per heavy atom. The number of anilines is 1. The van der Waals surface area contributed by atoms with E-state index < -0.39 is 47.0 Å². The lowest BCUT2D eigenvalue weighted by Crippen LogP contribution is -2.75. The van der Waals surface area contributed by atoms with Crippen LogP contribution in [0.1, 0.15) is 25.3 Å². The molecule has 0 radical (unpaired) electrons. The highest BCUT2D eigenvalue weighted by Gasteiger charge is 2.63. The molecular weight excluding hydrogens is 428 g/mol. The molecule has 168 valence electrons. The number of nitrogens with one attached hydrogen (secondary N) is 2. The standard InChI is InChI=1S/C20H19F2N5O5/c1-7-6-27-14-10(4-11(12(21)13(14)22)16-23-9(3)32-26-16)5-20(15(27)8(2)31-7)17(28)24-19(30)25-18(20)29/h4,7-8,15H,5-6H2,1-3H3,(H2,24,25,28,29,30)/t7-,8+,15-/m1/s1. The zero-order valence-electron chi connectivity index (χ0n) is 17.4. The number of benzene rings is 1. The van der Waals surface area contributed by atoms with Crippen LogP contribution in [-0.2, 0) is 20.7 Å². The fraction of sp³-hybridized carbons (Fsp3) is 0.450. The van der Waals surface area contributed by atoms with E-state index in [1.807, 2.05) is 0 Å². The van der Waals surface area contributed by atoms with Crippen molar-refractivity contribution in [2.45, 2.75) is 45.4 Å². The number of nitrogens with zero attached hydrogens (tertiary/aromatic N) is 3. The van der Waals surface area contributed by atoms with Crippen molar-refractivity contribution in [2.75, 3.05) is 11.4 Å². The summed E-state index contributed by atoms with van der Waals surface area (Å²) in [6.45, 7) is 5.02. The number of amides is 4. The maximum atomic E-state index is 15.5. The first-order valence-electron chi connectivity index (χ1n) is 10.0. The number of rotatable bonds is 1. The Morgan fingerprint density at radius 3 is 2.47 bits per heavy atom. The van der Waals surface area contributed by atoms with E-state index in [1.165, 1.54) is 17.9 Å². The van der Waals surface area contributed by atoms with Gasteiger partial charge in [0.2, 0.25) is 23.5 Å². The Bertz CT molecular complexity index is 1160. The van der Waals surface area contributed by atoms with E-state index in [0.717, 1.165) is 0 Å². The third-order valence-corrected chi connectivity index (χ3v) is 6.24. The number of aromatic nitrogens is 2. The predicted octanol–water partition coefficient (Wildman–Crippen LogP) is 1.21. The first-order valence-corrected chi connectivity index (χ1v) is 10.0. The summed E-state index contributed by atoms with van der Waals surface area (Å²) in [5.74, 6) is -3.95. The van der Waals surface area contributed by atoms with E-state index in [0.29, 0.717) is 0 Å². The molecule has 1 spiro atoms. The van der Waals surface area contributed by atoms with Gasteiger partial charge < -0.3 is 14.2 Å². The number of barbiturate groups is 1. The quantitative estimate of drug-likeness (QED) is 0.625. The Balaban J connectivity index is 1.75. The summed E-state index contributed by atoms with van der Waals surface area (Å²) in [7, 11) is 0. The highest BCUT2D eigenvalue weighted by Crippen LogP contribution is 2.49. The fourth-order valence-corrected chi connectivity index (χ4v) is 5.11. The Hall–Kier alpha value is -3.41. The minimum absolute atomic E-state index is 0.0541. The highest BCUT2D eigenvalue weighted by atomic mass is 19.2. The number of hydrogen-bond donors (Lipinski definition) is 2. The van der Waals surface area contributed by atoms with E-state index >= 15 is 8.78 Å². The number of fused-ring (bicyclic) bond motifs is 4. The zero-order valence-corrected chi connectivity index (χ0v) is 17.4. The summed E-state index contributed by atoms with van der Waals surface area (Å²) in [6.07, 6.45) is -1.36. The number of aryl methyl sites for hydroxylation is 1. The van der Waals surface area contributed by atoms with E-state index in [4.69, 9.17) is 9.26 Å². The maximum Gasteiger partial charge on any atom is 0.328 e. The van der Waals surface area contributed by atoms with Crippen molar-refractivity contribution < 1.29 is 32.4 Å². The van der Waals surface area contributed by atoms with Gasteiger partial charge in [-0.3, -0.25) is 20.2 Å². The second-order valence-corrected chi connectivity index (χ2v) is 8.33. The second kappa shape index (κ2) is 6.79. The summed E-state index contributed by atoms with van der Waals surface area (Å²) in [6, 6.07) is -0.585. The SMILES string of the molecule is Cc1nc(-c2cc3c(c(F)c2F)N2C[C@@H](C)O[C@@H](C)[C@@H]2C2(C3)C(=O)NC(=O)NC2=O)no1. The van der Waals surface area contributed by atoms with Crippen LogP contribution >= 0.6 is 0 Å². The molecule has 4 amide bonds. The first kappa shape index (κ1) is 20.5. The third kappa shape index (κ3) is 2.68. The van der Waals surface area contributed by atoms with Gasteiger partial charge in [0, 0.05) is 19.9 Å². The number of hydrogen-bond acceptors (Lipinski definition) is 8. The molecule has 0 bridgehead atoms. The Labute approximate surface area is 180 Å². The van der Waals surface area contributed by atoms with Gasteiger partial charge in [-0.05, 0) is 25.5 Å². The van der Waals surface area contributed by atoms with Crippen LogP contribution in [0.25, 0.3) is 11.4 Å². The van der Waals surface area contributed by atoms with Gasteiger partial charge in [0.15, 0.2) is 17.0 Å². The van der Waals surface area contributed by atoms with Crippen molar-refractivity contribution in [3.8, 4) is 11.4 Å². The number of imide groups is 2. The van der Waals surface area contributed by atoms with Gasteiger partial charge >= 0.3 is 6.03 Å². The van der Waals surface area contributed by atoms with Crippen LogP contribution in [0.4, 0.5) is 19.3 Å². The summed E-state index contributed by atoms with van der Waals surface area (Å²) in [5, 5.41) is 7.94. The number of carbonyl (C=O) groups is 3. The van der Waals surface area contributed by atoms with Crippen LogP contribution in [0.3, 0.4) is 0 Å². The molecule has 12 heteroatoms. The van der Waals surface area contributed by atoms with Gasteiger partial charge in [-0.2, -0.15) is 4.98 Å². The van der Waals surface area contributed by atoms with Crippen molar-refractivity contribution >= 4 is 23.5 Å². The lowest BCUT2D eigenvalue weighted by molar-refractivity contribution is -0.153. The lowest BCUT2D eigenvalue weighted by atomic mass is 9.66. The number of halogens is 2. The third-order valence-electron chi connectivity index (χ3n) is 6.24. The van der Waals surface area contributed by atoms with E-state index in [-0.39, 0.29) is 47.6 Å². The maximum absolute atomic E-state index is 15.5. The van der Waals surface area contributed by atoms with E-state index in [2.05, 4.69) is 20.8 Å². The molecule has 3 aliphatic heterocycles. The van der Waals surface area contributed by atoms with Crippen LogP contribution in [-0.4, -0.2) is 52.8 Å². The van der Waals surface area contributed by atoms with Gasteiger partial charge in [-0.25, -0.2) is 13.6 Å². The van der Waals surface area contributed by atoms with Crippen LogP contribution in [0, 0.1) is 24.0 Å². The van der Waals surface area contributed by atoms with Crippen molar-refractivity contribution in [2.24, 2.45) is 5.41 Å². The highest BCUT2D eigenvalue weighted by molar-refractivity contribution is 6.20. The molecular formula is C20H19F2N5O5. The molecule has 0 aliphatic carbocycles. The van der Waals surface area contributed by atoms with Crippen molar-refractivity contribution in [3.63, 3.8) is 0 Å². The minimum Gasteiger partial charge on any atom is -0.372 e. The topological polar surface area (TPSA) is 127 Å². The van der Waals surface area contributed by atoms with Crippen molar-refractivity contribution in [1.82, 2.24) is 20.8 Å². The average Bonchev–Trinajstić information content (AvgIpc) is 3.14. The molecule has 10 nitrogen and oxygen atoms in total.